The van der Waals surface area contributed by atoms with E-state index in [2.05, 4.69) is 34.7 Å². The molecule has 1 aromatic carbocycles. The van der Waals surface area contributed by atoms with Gasteiger partial charge in [0.15, 0.2) is 0 Å². The van der Waals surface area contributed by atoms with Crippen molar-refractivity contribution >= 4 is 10.9 Å². The van der Waals surface area contributed by atoms with Crippen LogP contribution in [0.2, 0.25) is 0 Å². The maximum Gasteiger partial charge on any atom is 0.0704 e. The zero-order valence-corrected chi connectivity index (χ0v) is 12.6. The Bertz CT molecular complexity index is 570. The van der Waals surface area contributed by atoms with Gasteiger partial charge in [-0.15, -0.1) is 0 Å². The number of hydrazine groups is 1. The van der Waals surface area contributed by atoms with Crippen LogP contribution in [0.15, 0.2) is 36.5 Å². The van der Waals surface area contributed by atoms with Gasteiger partial charge in [0.05, 0.1) is 5.52 Å². The van der Waals surface area contributed by atoms with Crippen LogP contribution >= 0.6 is 0 Å². The van der Waals surface area contributed by atoms with Gasteiger partial charge in [0.2, 0.25) is 0 Å². The number of fused-ring (bicyclic) bond motifs is 1. The van der Waals surface area contributed by atoms with E-state index in [1.54, 1.807) is 0 Å². The maximum absolute atomic E-state index is 5.78. The van der Waals surface area contributed by atoms with Crippen LogP contribution < -0.4 is 11.3 Å². The van der Waals surface area contributed by atoms with E-state index in [1.807, 2.05) is 12.3 Å². The second kappa shape index (κ2) is 7.01. The molecule has 2 aromatic rings. The monoisotopic (exact) mass is 283 g/mol. The van der Waals surface area contributed by atoms with Gasteiger partial charge in [0.1, 0.15) is 0 Å². The highest BCUT2D eigenvalue weighted by atomic mass is 15.2. The van der Waals surface area contributed by atoms with Gasteiger partial charge in [-0.2, -0.15) is 0 Å². The van der Waals surface area contributed by atoms with Crippen molar-refractivity contribution in [3.63, 3.8) is 0 Å². The van der Waals surface area contributed by atoms with Crippen molar-refractivity contribution in [1.82, 2.24) is 10.4 Å². The van der Waals surface area contributed by atoms with Crippen molar-refractivity contribution in [2.45, 2.75) is 51.0 Å². The summed E-state index contributed by atoms with van der Waals surface area (Å²) in [5.41, 5.74) is 5.43. The second-order valence-corrected chi connectivity index (χ2v) is 6.28. The summed E-state index contributed by atoms with van der Waals surface area (Å²) < 4.78 is 0. The molecule has 0 saturated heterocycles. The molecule has 1 aliphatic rings. The van der Waals surface area contributed by atoms with Gasteiger partial charge in [-0.1, -0.05) is 43.9 Å². The van der Waals surface area contributed by atoms with Gasteiger partial charge < -0.3 is 0 Å². The lowest BCUT2D eigenvalue weighted by Gasteiger charge is -2.19. The summed E-state index contributed by atoms with van der Waals surface area (Å²) in [5.74, 6) is 6.71. The molecular weight excluding hydrogens is 258 g/mol. The topological polar surface area (TPSA) is 50.9 Å². The van der Waals surface area contributed by atoms with E-state index in [0.717, 1.165) is 24.3 Å². The number of pyridine rings is 1. The zero-order chi connectivity index (χ0) is 14.5. The molecule has 1 aliphatic carbocycles. The number of nitrogens with zero attached hydrogens (tertiary/aromatic N) is 1. The molecule has 1 atom stereocenters. The first-order valence-corrected chi connectivity index (χ1v) is 8.15. The fourth-order valence-corrected chi connectivity index (χ4v) is 3.58. The molecule has 1 saturated carbocycles. The van der Waals surface area contributed by atoms with Crippen molar-refractivity contribution in [2.75, 3.05) is 0 Å². The highest BCUT2D eigenvalue weighted by Crippen LogP contribution is 2.29. The Morgan fingerprint density at radius 3 is 2.81 bits per heavy atom. The molecule has 3 rings (SSSR count). The van der Waals surface area contributed by atoms with Crippen molar-refractivity contribution in [3.8, 4) is 0 Å². The Morgan fingerprint density at radius 1 is 1.19 bits per heavy atom. The number of rotatable bonds is 6. The Balaban J connectivity index is 1.67. The van der Waals surface area contributed by atoms with Crippen LogP contribution in [0.25, 0.3) is 10.9 Å². The van der Waals surface area contributed by atoms with Crippen LogP contribution in [-0.2, 0) is 6.42 Å². The number of hydrogen-bond donors (Lipinski definition) is 2. The van der Waals surface area contributed by atoms with Gasteiger partial charge in [-0.3, -0.25) is 16.3 Å². The lowest BCUT2D eigenvalue weighted by Crippen LogP contribution is -2.37. The quantitative estimate of drug-likeness (QED) is 0.629. The van der Waals surface area contributed by atoms with Crippen molar-refractivity contribution in [2.24, 2.45) is 11.8 Å². The van der Waals surface area contributed by atoms with Gasteiger partial charge in [0, 0.05) is 17.6 Å². The Labute approximate surface area is 126 Å². The largest absolute Gasteiger partial charge is 0.271 e. The number of benzene rings is 1. The Hall–Kier alpha value is -1.45. The molecule has 1 heterocycles. The second-order valence-electron chi connectivity index (χ2n) is 6.28. The molecule has 3 nitrogen and oxygen atoms in total. The number of aromatic nitrogens is 1. The molecule has 0 spiro atoms. The summed E-state index contributed by atoms with van der Waals surface area (Å²) in [7, 11) is 0. The van der Waals surface area contributed by atoms with E-state index in [1.165, 1.54) is 43.1 Å². The molecule has 1 fully saturated rings. The standard InChI is InChI=1S/C18H25N3/c19-21-16(10-9-14-5-1-2-6-14)13-15-11-12-20-18-8-4-3-7-17(15)18/h3-4,7-8,11-12,14,16,21H,1-2,5-6,9-10,13,19H2. The van der Waals surface area contributed by atoms with Crippen LogP contribution in [-0.4, -0.2) is 11.0 Å². The van der Waals surface area contributed by atoms with Gasteiger partial charge >= 0.3 is 0 Å². The molecule has 21 heavy (non-hydrogen) atoms. The molecule has 0 bridgehead atoms. The normalized spacial score (nSPS) is 17.4. The van der Waals surface area contributed by atoms with E-state index in [-0.39, 0.29) is 0 Å². The molecule has 0 aliphatic heterocycles. The van der Waals surface area contributed by atoms with Gasteiger partial charge in [-0.25, -0.2) is 0 Å². The number of hydrogen-bond acceptors (Lipinski definition) is 3. The molecule has 3 N–H and O–H groups in total. The van der Waals surface area contributed by atoms with E-state index in [4.69, 9.17) is 5.84 Å². The predicted molar refractivity (Wildman–Crippen MR) is 87.8 cm³/mol. The van der Waals surface area contributed by atoms with Crippen LogP contribution in [0.1, 0.15) is 44.1 Å². The first-order chi connectivity index (χ1) is 10.4. The minimum atomic E-state index is 0.358. The molecule has 1 unspecified atom stereocenters. The van der Waals surface area contributed by atoms with Crippen molar-refractivity contribution < 1.29 is 0 Å². The van der Waals surface area contributed by atoms with Crippen LogP contribution in [0, 0.1) is 5.92 Å². The Morgan fingerprint density at radius 2 is 2.00 bits per heavy atom. The van der Waals surface area contributed by atoms with E-state index in [0.29, 0.717) is 6.04 Å². The average Bonchev–Trinajstić information content (AvgIpc) is 3.05. The summed E-state index contributed by atoms with van der Waals surface area (Å²) in [4.78, 5) is 4.43. The van der Waals surface area contributed by atoms with Crippen LogP contribution in [0.3, 0.4) is 0 Å². The third kappa shape index (κ3) is 3.60. The molecule has 0 amide bonds. The van der Waals surface area contributed by atoms with Gasteiger partial charge in [-0.05, 0) is 42.9 Å². The lowest BCUT2D eigenvalue weighted by molar-refractivity contribution is 0.407. The Kier molecular flexibility index (Phi) is 4.84. The SMILES string of the molecule is NNC(CCC1CCCC1)Cc1ccnc2ccccc12. The average molecular weight is 283 g/mol. The third-order valence-electron chi connectivity index (χ3n) is 4.84. The minimum Gasteiger partial charge on any atom is -0.271 e. The highest BCUT2D eigenvalue weighted by molar-refractivity contribution is 5.81. The number of nitrogens with two attached hydrogens (primary N) is 1. The zero-order valence-electron chi connectivity index (χ0n) is 12.6. The molecular formula is C18H25N3. The summed E-state index contributed by atoms with van der Waals surface area (Å²) >= 11 is 0. The van der Waals surface area contributed by atoms with Crippen LogP contribution in [0.5, 0.6) is 0 Å². The maximum atomic E-state index is 5.78. The molecule has 0 radical (unpaired) electrons. The third-order valence-corrected chi connectivity index (χ3v) is 4.84. The van der Waals surface area contributed by atoms with Crippen molar-refractivity contribution in [3.05, 3.63) is 42.1 Å². The number of para-hydroxylation sites is 1. The highest BCUT2D eigenvalue weighted by Gasteiger charge is 2.17. The fraction of sp³-hybridized carbons (Fsp3) is 0.500. The molecule has 3 heteroatoms. The molecule has 1 aromatic heterocycles. The minimum absolute atomic E-state index is 0.358. The van der Waals surface area contributed by atoms with E-state index >= 15 is 0 Å². The van der Waals surface area contributed by atoms with E-state index in [9.17, 15) is 0 Å². The first-order valence-electron chi connectivity index (χ1n) is 8.15. The predicted octanol–water partition coefficient (Wildman–Crippen LogP) is 3.58. The van der Waals surface area contributed by atoms with E-state index < -0.39 is 0 Å². The fourth-order valence-electron chi connectivity index (χ4n) is 3.58. The van der Waals surface area contributed by atoms with Gasteiger partial charge in [0.25, 0.3) is 0 Å². The summed E-state index contributed by atoms with van der Waals surface area (Å²) in [6, 6.07) is 10.8. The summed E-state index contributed by atoms with van der Waals surface area (Å²) in [6.45, 7) is 0. The lowest BCUT2D eigenvalue weighted by atomic mass is 9.94. The molecule has 112 valence electrons. The summed E-state index contributed by atoms with van der Waals surface area (Å²) in [5, 5.41) is 1.25. The van der Waals surface area contributed by atoms with Crippen molar-refractivity contribution in [1.29, 1.82) is 0 Å². The smallest absolute Gasteiger partial charge is 0.0704 e. The number of nitrogens with one attached hydrogen (secondary N) is 1. The van der Waals surface area contributed by atoms with Crippen LogP contribution in [0.4, 0.5) is 0 Å². The summed E-state index contributed by atoms with van der Waals surface area (Å²) in [6.07, 6.45) is 11.0. The first kappa shape index (κ1) is 14.5.